The van der Waals surface area contributed by atoms with Crippen LogP contribution in [-0.4, -0.2) is 34.3 Å². The molecule has 178 valence electrons. The molecule has 0 aliphatic heterocycles. The van der Waals surface area contributed by atoms with Gasteiger partial charge in [0.1, 0.15) is 11.3 Å². The molecule has 7 heteroatoms. The quantitative estimate of drug-likeness (QED) is 0.493. The molecular weight excluding hydrogens is 448 g/mol. The summed E-state index contributed by atoms with van der Waals surface area (Å²) in [6.07, 6.45) is 10.1. The third kappa shape index (κ3) is 5.12. The number of hydrogen-bond donors (Lipinski definition) is 2. The first-order valence-electron chi connectivity index (χ1n) is 12.3. The highest BCUT2D eigenvalue weighted by atomic mass is 35.5. The van der Waals surface area contributed by atoms with E-state index in [1.807, 2.05) is 24.3 Å². The number of amides is 2. The fourth-order valence-corrected chi connectivity index (χ4v) is 5.20. The summed E-state index contributed by atoms with van der Waals surface area (Å²) in [5.74, 6) is 0.482. The zero-order valence-electron chi connectivity index (χ0n) is 19.4. The number of hydrogen-bond acceptors (Lipinski definition) is 3. The number of benzene rings is 1. The normalized spacial score (nSPS) is 17.4. The van der Waals surface area contributed by atoms with Crippen molar-refractivity contribution in [2.45, 2.75) is 56.8 Å². The van der Waals surface area contributed by atoms with E-state index in [9.17, 15) is 9.59 Å². The summed E-state index contributed by atoms with van der Waals surface area (Å²) < 4.78 is 1.79. The van der Waals surface area contributed by atoms with Crippen LogP contribution in [0.2, 0.25) is 5.02 Å². The first-order chi connectivity index (χ1) is 16.5. The number of fused-ring (bicyclic) bond motifs is 1. The zero-order valence-corrected chi connectivity index (χ0v) is 20.1. The molecule has 2 aliphatic carbocycles. The van der Waals surface area contributed by atoms with Gasteiger partial charge in [0.25, 0.3) is 5.91 Å². The Kier molecular flexibility index (Phi) is 6.59. The van der Waals surface area contributed by atoms with Gasteiger partial charge in [0.05, 0.1) is 12.1 Å². The molecule has 2 fully saturated rings. The van der Waals surface area contributed by atoms with E-state index in [-0.39, 0.29) is 23.7 Å². The Morgan fingerprint density at radius 1 is 1.03 bits per heavy atom. The Morgan fingerprint density at radius 2 is 1.79 bits per heavy atom. The lowest BCUT2D eigenvalue weighted by molar-refractivity contribution is -0.120. The van der Waals surface area contributed by atoms with E-state index in [2.05, 4.69) is 27.8 Å². The molecule has 2 N–H and O–H groups in total. The number of imidazole rings is 1. The molecule has 34 heavy (non-hydrogen) atoms. The van der Waals surface area contributed by atoms with Crippen LogP contribution in [0.25, 0.3) is 5.65 Å². The van der Waals surface area contributed by atoms with Gasteiger partial charge < -0.3 is 10.6 Å². The van der Waals surface area contributed by atoms with Crippen molar-refractivity contribution in [3.63, 3.8) is 0 Å². The Bertz CT molecular complexity index is 1180. The SMILES string of the molecule is O=C(Cc1cn2c(C(=O)NCC3(c4ccc(Cl)cc4)CCCCC3)cccc2n1)NCC1CC1. The predicted molar refractivity (Wildman–Crippen MR) is 133 cm³/mol. The molecule has 1 aromatic carbocycles. The molecule has 2 aliphatic rings. The van der Waals surface area contributed by atoms with Crippen LogP contribution in [0.1, 0.15) is 66.7 Å². The van der Waals surface area contributed by atoms with Crippen molar-refractivity contribution in [3.05, 3.63) is 70.6 Å². The van der Waals surface area contributed by atoms with Crippen molar-refractivity contribution < 1.29 is 9.59 Å². The van der Waals surface area contributed by atoms with E-state index in [4.69, 9.17) is 11.6 Å². The molecule has 3 aromatic rings. The maximum absolute atomic E-state index is 13.3. The van der Waals surface area contributed by atoms with Crippen molar-refractivity contribution in [1.82, 2.24) is 20.0 Å². The Labute approximate surface area is 205 Å². The van der Waals surface area contributed by atoms with Crippen molar-refractivity contribution >= 4 is 29.1 Å². The minimum Gasteiger partial charge on any atom is -0.355 e. The Balaban J connectivity index is 1.30. The third-order valence-electron chi connectivity index (χ3n) is 7.26. The molecule has 2 heterocycles. The number of aromatic nitrogens is 2. The summed E-state index contributed by atoms with van der Waals surface area (Å²) in [6, 6.07) is 13.6. The second-order valence-corrected chi connectivity index (χ2v) is 10.3. The van der Waals surface area contributed by atoms with Crippen molar-refractivity contribution in [3.8, 4) is 0 Å². The summed E-state index contributed by atoms with van der Waals surface area (Å²) in [6.45, 7) is 1.32. The van der Waals surface area contributed by atoms with Crippen LogP contribution in [0.3, 0.4) is 0 Å². The average molecular weight is 479 g/mol. The molecule has 0 unspecified atom stereocenters. The minimum absolute atomic E-state index is 0.0245. The smallest absolute Gasteiger partial charge is 0.268 e. The Hall–Kier alpha value is -2.86. The number of halogens is 1. The topological polar surface area (TPSA) is 75.5 Å². The van der Waals surface area contributed by atoms with Crippen molar-refractivity contribution in [1.29, 1.82) is 0 Å². The van der Waals surface area contributed by atoms with Gasteiger partial charge in [0.2, 0.25) is 5.91 Å². The second-order valence-electron chi connectivity index (χ2n) is 9.83. The Morgan fingerprint density at radius 3 is 2.53 bits per heavy atom. The summed E-state index contributed by atoms with van der Waals surface area (Å²) in [5, 5.41) is 6.91. The lowest BCUT2D eigenvalue weighted by atomic mass is 9.69. The molecule has 6 nitrogen and oxygen atoms in total. The van der Waals surface area contributed by atoms with Crippen LogP contribution >= 0.6 is 11.6 Å². The highest BCUT2D eigenvalue weighted by molar-refractivity contribution is 6.30. The van der Waals surface area contributed by atoms with E-state index in [0.29, 0.717) is 29.5 Å². The van der Waals surface area contributed by atoms with Gasteiger partial charge in [-0.15, -0.1) is 0 Å². The van der Waals surface area contributed by atoms with Crippen LogP contribution in [0.15, 0.2) is 48.7 Å². The monoisotopic (exact) mass is 478 g/mol. The standard InChI is InChI=1S/C27H31ClN4O2/c28-21-11-9-20(10-12-21)27(13-2-1-3-14-27)18-30-26(34)23-5-4-6-24-31-22(17-32(23)24)15-25(33)29-16-19-7-8-19/h4-6,9-12,17,19H,1-3,7-8,13-16,18H2,(H,29,33)(H,30,34). The van der Waals surface area contributed by atoms with Crippen molar-refractivity contribution in [2.24, 2.45) is 5.92 Å². The zero-order chi connectivity index (χ0) is 23.5. The molecule has 0 saturated heterocycles. The molecular formula is C27H31ClN4O2. The van der Waals surface area contributed by atoms with E-state index in [0.717, 1.165) is 37.3 Å². The number of rotatable bonds is 8. The van der Waals surface area contributed by atoms with Gasteiger partial charge in [-0.25, -0.2) is 4.98 Å². The number of carbonyl (C=O) groups excluding carboxylic acids is 2. The molecule has 0 radical (unpaired) electrons. The van der Waals surface area contributed by atoms with E-state index in [1.165, 1.54) is 24.8 Å². The highest BCUT2D eigenvalue weighted by Crippen LogP contribution is 2.39. The van der Waals surface area contributed by atoms with Gasteiger partial charge in [0, 0.05) is 29.7 Å². The van der Waals surface area contributed by atoms with Gasteiger partial charge in [-0.05, 0) is 61.4 Å². The van der Waals surface area contributed by atoms with Crippen LogP contribution < -0.4 is 10.6 Å². The first kappa shape index (κ1) is 22.9. The molecule has 5 rings (SSSR count). The number of carbonyl (C=O) groups is 2. The van der Waals surface area contributed by atoms with Gasteiger partial charge in [-0.1, -0.05) is 49.1 Å². The average Bonchev–Trinajstić information content (AvgIpc) is 3.59. The third-order valence-corrected chi connectivity index (χ3v) is 7.51. The second kappa shape index (κ2) is 9.79. The van der Waals surface area contributed by atoms with Gasteiger partial charge in [0.15, 0.2) is 0 Å². The summed E-state index contributed by atoms with van der Waals surface area (Å²) in [7, 11) is 0. The predicted octanol–water partition coefficient (Wildman–Crippen LogP) is 4.69. The molecule has 2 aromatic heterocycles. The van der Waals surface area contributed by atoms with E-state index < -0.39 is 0 Å². The van der Waals surface area contributed by atoms with Crippen LogP contribution in [-0.2, 0) is 16.6 Å². The molecule has 0 atom stereocenters. The first-order valence-corrected chi connectivity index (χ1v) is 12.7. The van der Waals surface area contributed by atoms with Gasteiger partial charge >= 0.3 is 0 Å². The van der Waals surface area contributed by atoms with Gasteiger partial charge in [-0.2, -0.15) is 0 Å². The lowest BCUT2D eigenvalue weighted by Gasteiger charge is -2.38. The fourth-order valence-electron chi connectivity index (χ4n) is 5.08. The van der Waals surface area contributed by atoms with E-state index in [1.54, 1.807) is 16.7 Å². The van der Waals surface area contributed by atoms with Gasteiger partial charge in [-0.3, -0.25) is 14.0 Å². The number of nitrogens with one attached hydrogen (secondary N) is 2. The molecule has 0 bridgehead atoms. The molecule has 0 spiro atoms. The fraction of sp³-hybridized carbons (Fsp3) is 0.444. The van der Waals surface area contributed by atoms with Crippen molar-refractivity contribution in [2.75, 3.05) is 13.1 Å². The van der Waals surface area contributed by atoms with E-state index >= 15 is 0 Å². The largest absolute Gasteiger partial charge is 0.355 e. The maximum atomic E-state index is 13.3. The highest BCUT2D eigenvalue weighted by Gasteiger charge is 2.34. The van der Waals surface area contributed by atoms with Crippen LogP contribution in [0, 0.1) is 5.92 Å². The lowest BCUT2D eigenvalue weighted by Crippen LogP contribution is -2.42. The number of nitrogens with zero attached hydrogens (tertiary/aromatic N) is 2. The maximum Gasteiger partial charge on any atom is 0.268 e. The summed E-state index contributed by atoms with van der Waals surface area (Å²) in [5.41, 5.74) is 3.02. The molecule has 2 amide bonds. The summed E-state index contributed by atoms with van der Waals surface area (Å²) in [4.78, 5) is 30.1. The molecule has 2 saturated carbocycles. The van der Waals surface area contributed by atoms with Crippen LogP contribution in [0.4, 0.5) is 0 Å². The van der Waals surface area contributed by atoms with Crippen LogP contribution in [0.5, 0.6) is 0 Å². The number of pyridine rings is 1. The summed E-state index contributed by atoms with van der Waals surface area (Å²) >= 11 is 6.12. The minimum atomic E-state index is -0.133.